The number of likely N-dealkylation sites (tertiary alicyclic amines) is 1. The number of nitrogens with zero attached hydrogens (tertiary/aromatic N) is 1. The van der Waals surface area contributed by atoms with Crippen LogP contribution in [0.5, 0.6) is 5.75 Å². The molecule has 0 radical (unpaired) electrons. The van der Waals surface area contributed by atoms with Gasteiger partial charge in [-0.2, -0.15) is 0 Å². The summed E-state index contributed by atoms with van der Waals surface area (Å²) in [7, 11) is 3.28. The summed E-state index contributed by atoms with van der Waals surface area (Å²) >= 11 is 0. The van der Waals surface area contributed by atoms with Crippen molar-refractivity contribution in [2.45, 2.75) is 19.3 Å². The third-order valence-corrected chi connectivity index (χ3v) is 6.53. The van der Waals surface area contributed by atoms with Gasteiger partial charge >= 0.3 is 0 Å². The molecule has 170 valence electrons. The lowest BCUT2D eigenvalue weighted by Gasteiger charge is -2.28. The van der Waals surface area contributed by atoms with E-state index in [-0.39, 0.29) is 18.2 Å². The Morgan fingerprint density at radius 2 is 1.70 bits per heavy atom. The maximum atomic E-state index is 13.1. The molecule has 0 aromatic heterocycles. The van der Waals surface area contributed by atoms with E-state index in [0.717, 1.165) is 22.3 Å². The minimum absolute atomic E-state index is 0.0137. The van der Waals surface area contributed by atoms with E-state index >= 15 is 0 Å². The van der Waals surface area contributed by atoms with Gasteiger partial charge in [-0.15, -0.1) is 0 Å². The molecule has 1 atom stereocenters. The summed E-state index contributed by atoms with van der Waals surface area (Å²) < 4.78 is 5.40. The molecule has 1 N–H and O–H groups in total. The van der Waals surface area contributed by atoms with Crippen molar-refractivity contribution in [3.8, 4) is 16.9 Å². The second-order valence-corrected chi connectivity index (χ2v) is 8.66. The Morgan fingerprint density at radius 1 is 0.970 bits per heavy atom. The fourth-order valence-electron chi connectivity index (χ4n) is 4.77. The van der Waals surface area contributed by atoms with Crippen LogP contribution in [-0.4, -0.2) is 44.0 Å². The molecule has 2 amide bonds. The molecule has 1 heterocycles. The number of para-hydroxylation sites is 1. The van der Waals surface area contributed by atoms with E-state index in [9.17, 15) is 9.59 Å². The summed E-state index contributed by atoms with van der Waals surface area (Å²) in [4.78, 5) is 28.0. The maximum absolute atomic E-state index is 13.1. The van der Waals surface area contributed by atoms with Crippen LogP contribution in [0.3, 0.4) is 0 Å². The number of carbonyl (C=O) groups is 2. The van der Waals surface area contributed by atoms with Gasteiger partial charge in [0.2, 0.25) is 11.8 Å². The molecule has 1 aliphatic rings. The Hall–Kier alpha value is -3.60. The molecular formula is C28H30N2O3. The third-order valence-electron chi connectivity index (χ3n) is 6.53. The van der Waals surface area contributed by atoms with Crippen LogP contribution in [0.2, 0.25) is 0 Å². The minimum Gasteiger partial charge on any atom is -0.496 e. The molecule has 0 bridgehead atoms. The van der Waals surface area contributed by atoms with Crippen molar-refractivity contribution in [1.82, 2.24) is 10.2 Å². The number of nitrogens with one attached hydrogen (secondary N) is 1. The van der Waals surface area contributed by atoms with Crippen LogP contribution in [0.15, 0.2) is 78.9 Å². The van der Waals surface area contributed by atoms with Crippen LogP contribution in [-0.2, 0) is 22.4 Å². The summed E-state index contributed by atoms with van der Waals surface area (Å²) in [5.41, 5.74) is 3.59. The van der Waals surface area contributed by atoms with Crippen LogP contribution in [0.25, 0.3) is 11.1 Å². The minimum atomic E-state index is -0.638. The Kier molecular flexibility index (Phi) is 6.78. The summed E-state index contributed by atoms with van der Waals surface area (Å²) in [6.07, 6.45) is 1.49. The highest BCUT2D eigenvalue weighted by Crippen LogP contribution is 2.36. The molecule has 0 spiro atoms. The number of hydrogen-bond donors (Lipinski definition) is 1. The van der Waals surface area contributed by atoms with Crippen LogP contribution in [0.4, 0.5) is 0 Å². The Balaban J connectivity index is 1.53. The van der Waals surface area contributed by atoms with Gasteiger partial charge in [0.15, 0.2) is 0 Å². The molecular weight excluding hydrogens is 412 g/mol. The van der Waals surface area contributed by atoms with E-state index in [1.54, 1.807) is 14.2 Å². The quantitative estimate of drug-likeness (QED) is 0.599. The number of amides is 2. The molecule has 1 saturated heterocycles. The van der Waals surface area contributed by atoms with Crippen molar-refractivity contribution in [1.29, 1.82) is 0 Å². The maximum Gasteiger partial charge on any atom is 0.228 e. The van der Waals surface area contributed by atoms with Gasteiger partial charge in [-0.05, 0) is 35.6 Å². The van der Waals surface area contributed by atoms with Crippen molar-refractivity contribution in [3.63, 3.8) is 0 Å². The largest absolute Gasteiger partial charge is 0.496 e. The predicted molar refractivity (Wildman–Crippen MR) is 130 cm³/mol. The van der Waals surface area contributed by atoms with E-state index in [0.29, 0.717) is 31.7 Å². The lowest BCUT2D eigenvalue weighted by Crippen LogP contribution is -2.44. The fourth-order valence-corrected chi connectivity index (χ4v) is 4.77. The summed E-state index contributed by atoms with van der Waals surface area (Å²) in [5.74, 6) is 0.712. The van der Waals surface area contributed by atoms with Crippen LogP contribution in [0.1, 0.15) is 17.5 Å². The number of ether oxygens (including phenoxy) is 1. The second kappa shape index (κ2) is 9.90. The molecule has 0 aliphatic carbocycles. The van der Waals surface area contributed by atoms with Crippen LogP contribution in [0, 0.1) is 5.41 Å². The standard InChI is InChI=1S/C28H30N2O3/c1-29-27(32)28(19-21-9-8-13-23(17-21)22-10-4-3-5-11-22)15-16-30(20-28)26(31)18-24-12-6-7-14-25(24)33-2/h3-14,17H,15-16,18-20H2,1-2H3,(H,29,32)/t28-/m1/s1. The highest BCUT2D eigenvalue weighted by Gasteiger charge is 2.45. The first kappa shape index (κ1) is 22.6. The van der Waals surface area contributed by atoms with Gasteiger partial charge in [-0.1, -0.05) is 72.8 Å². The van der Waals surface area contributed by atoms with Gasteiger partial charge in [0.1, 0.15) is 5.75 Å². The zero-order chi connectivity index (χ0) is 23.3. The second-order valence-electron chi connectivity index (χ2n) is 8.66. The molecule has 0 saturated carbocycles. The van der Waals surface area contributed by atoms with Gasteiger partial charge in [0.05, 0.1) is 18.9 Å². The smallest absolute Gasteiger partial charge is 0.228 e. The number of methoxy groups -OCH3 is 1. The first-order valence-electron chi connectivity index (χ1n) is 11.3. The average Bonchev–Trinajstić information content (AvgIpc) is 3.30. The Morgan fingerprint density at radius 3 is 2.45 bits per heavy atom. The average molecular weight is 443 g/mol. The van der Waals surface area contributed by atoms with Crippen molar-refractivity contribution < 1.29 is 14.3 Å². The molecule has 1 fully saturated rings. The number of benzene rings is 3. The predicted octanol–water partition coefficient (Wildman–Crippen LogP) is 4.11. The molecule has 33 heavy (non-hydrogen) atoms. The van der Waals surface area contributed by atoms with Gasteiger partial charge in [0, 0.05) is 25.7 Å². The van der Waals surface area contributed by atoms with E-state index < -0.39 is 5.41 Å². The molecule has 5 heteroatoms. The summed E-state index contributed by atoms with van der Waals surface area (Å²) in [6, 6.07) is 26.1. The van der Waals surface area contributed by atoms with E-state index in [2.05, 4.69) is 35.6 Å². The van der Waals surface area contributed by atoms with Crippen molar-refractivity contribution in [2.24, 2.45) is 5.41 Å². The first-order chi connectivity index (χ1) is 16.0. The molecule has 4 rings (SSSR count). The lowest BCUT2D eigenvalue weighted by atomic mass is 9.79. The summed E-state index contributed by atoms with van der Waals surface area (Å²) in [6.45, 7) is 0.982. The number of carbonyl (C=O) groups excluding carboxylic acids is 2. The Labute approximate surface area is 195 Å². The highest BCUT2D eigenvalue weighted by molar-refractivity contribution is 5.86. The molecule has 0 unspecified atom stereocenters. The highest BCUT2D eigenvalue weighted by atomic mass is 16.5. The topological polar surface area (TPSA) is 58.6 Å². The summed E-state index contributed by atoms with van der Waals surface area (Å²) in [5, 5.41) is 2.84. The number of rotatable bonds is 7. The molecule has 3 aromatic carbocycles. The van der Waals surface area contributed by atoms with E-state index in [4.69, 9.17) is 4.74 Å². The van der Waals surface area contributed by atoms with Crippen molar-refractivity contribution in [2.75, 3.05) is 27.2 Å². The van der Waals surface area contributed by atoms with Gasteiger partial charge in [-0.25, -0.2) is 0 Å². The zero-order valence-corrected chi connectivity index (χ0v) is 19.2. The lowest BCUT2D eigenvalue weighted by molar-refractivity contribution is -0.132. The normalized spacial score (nSPS) is 17.6. The SMILES string of the molecule is CNC(=O)[C@@]1(Cc2cccc(-c3ccccc3)c2)CCN(C(=O)Cc2ccccc2OC)C1. The van der Waals surface area contributed by atoms with Gasteiger partial charge < -0.3 is 15.0 Å². The van der Waals surface area contributed by atoms with Gasteiger partial charge in [-0.3, -0.25) is 9.59 Å². The molecule has 1 aliphatic heterocycles. The molecule has 5 nitrogen and oxygen atoms in total. The van der Waals surface area contributed by atoms with Crippen LogP contribution < -0.4 is 10.1 Å². The van der Waals surface area contributed by atoms with Gasteiger partial charge in [0.25, 0.3) is 0 Å². The van der Waals surface area contributed by atoms with E-state index in [1.165, 1.54) is 0 Å². The Bertz CT molecular complexity index is 1130. The monoisotopic (exact) mass is 442 g/mol. The van der Waals surface area contributed by atoms with Crippen LogP contribution >= 0.6 is 0 Å². The first-order valence-corrected chi connectivity index (χ1v) is 11.3. The zero-order valence-electron chi connectivity index (χ0n) is 19.2. The fraction of sp³-hybridized carbons (Fsp3) is 0.286. The van der Waals surface area contributed by atoms with Crippen molar-refractivity contribution in [3.05, 3.63) is 90.0 Å². The van der Waals surface area contributed by atoms with Crippen molar-refractivity contribution >= 4 is 11.8 Å². The third kappa shape index (κ3) is 4.92. The molecule has 3 aromatic rings. The number of hydrogen-bond acceptors (Lipinski definition) is 3. The van der Waals surface area contributed by atoms with E-state index in [1.807, 2.05) is 53.4 Å².